The van der Waals surface area contributed by atoms with E-state index < -0.39 is 10.0 Å². The van der Waals surface area contributed by atoms with Crippen molar-refractivity contribution in [1.29, 1.82) is 0 Å². The lowest BCUT2D eigenvalue weighted by Crippen LogP contribution is -2.37. The fourth-order valence-electron chi connectivity index (χ4n) is 2.10. The second kappa shape index (κ2) is 5.63. The number of halogens is 1. The van der Waals surface area contributed by atoms with Gasteiger partial charge in [-0.15, -0.1) is 0 Å². The van der Waals surface area contributed by atoms with Gasteiger partial charge in [0.05, 0.1) is 4.90 Å². The average Bonchev–Trinajstić information content (AvgIpc) is 2.86. The number of thioether (sulfide) groups is 1. The van der Waals surface area contributed by atoms with Gasteiger partial charge in [-0.1, -0.05) is 15.9 Å². The molecular weight excluding hydrogens is 348 g/mol. The maximum absolute atomic E-state index is 12.7. The Hall–Kier alpha value is -0.240. The molecule has 1 aromatic rings. The first-order valence-electron chi connectivity index (χ1n) is 5.95. The highest BCUT2D eigenvalue weighted by Crippen LogP contribution is 2.31. The first-order chi connectivity index (χ1) is 8.84. The summed E-state index contributed by atoms with van der Waals surface area (Å²) in [7, 11) is -1.83. The highest BCUT2D eigenvalue weighted by molar-refractivity contribution is 9.10. The third kappa shape index (κ3) is 2.94. The molecule has 1 saturated heterocycles. The Morgan fingerprint density at radius 1 is 1.47 bits per heavy atom. The van der Waals surface area contributed by atoms with Crippen LogP contribution in [0.3, 0.4) is 0 Å². The van der Waals surface area contributed by atoms with E-state index in [1.807, 2.05) is 0 Å². The minimum Gasteiger partial charge on any atom is -0.398 e. The van der Waals surface area contributed by atoms with Crippen LogP contribution in [0, 0.1) is 6.92 Å². The van der Waals surface area contributed by atoms with Crippen LogP contribution in [-0.2, 0) is 10.0 Å². The Kier molecular flexibility index (Phi) is 4.49. The van der Waals surface area contributed by atoms with Crippen molar-refractivity contribution in [3.8, 4) is 0 Å². The van der Waals surface area contributed by atoms with E-state index in [1.54, 1.807) is 37.9 Å². The molecule has 1 unspecified atom stereocenters. The van der Waals surface area contributed by atoms with E-state index in [1.165, 1.54) is 4.31 Å². The lowest BCUT2D eigenvalue weighted by Gasteiger charge is -2.24. The summed E-state index contributed by atoms with van der Waals surface area (Å²) in [5, 5.41) is 0. The molecule has 0 saturated carbocycles. The summed E-state index contributed by atoms with van der Waals surface area (Å²) in [4.78, 5) is 0.291. The predicted molar refractivity (Wildman–Crippen MR) is 84.0 cm³/mol. The largest absolute Gasteiger partial charge is 0.398 e. The summed E-state index contributed by atoms with van der Waals surface area (Å²) in [5.74, 6) is 1.88. The van der Waals surface area contributed by atoms with Gasteiger partial charge in [0, 0.05) is 29.0 Å². The van der Waals surface area contributed by atoms with Crippen molar-refractivity contribution < 1.29 is 8.42 Å². The molecule has 0 radical (unpaired) electrons. The highest BCUT2D eigenvalue weighted by atomic mass is 79.9. The van der Waals surface area contributed by atoms with Gasteiger partial charge in [0.15, 0.2) is 0 Å². The van der Waals surface area contributed by atoms with Gasteiger partial charge in [-0.05, 0) is 36.8 Å². The van der Waals surface area contributed by atoms with Crippen molar-refractivity contribution in [2.24, 2.45) is 0 Å². The van der Waals surface area contributed by atoms with Crippen LogP contribution in [0.2, 0.25) is 0 Å². The van der Waals surface area contributed by atoms with Crippen molar-refractivity contribution in [3.05, 3.63) is 22.2 Å². The molecule has 0 amide bonds. The fraction of sp³-hybridized carbons (Fsp3) is 0.500. The number of benzene rings is 1. The maximum Gasteiger partial charge on any atom is 0.243 e. The molecule has 0 bridgehead atoms. The van der Waals surface area contributed by atoms with E-state index in [4.69, 9.17) is 5.73 Å². The number of nitrogen functional groups attached to an aromatic ring is 1. The fourth-order valence-corrected chi connectivity index (χ4v) is 5.75. The van der Waals surface area contributed by atoms with E-state index in [-0.39, 0.29) is 6.04 Å². The Morgan fingerprint density at radius 3 is 2.74 bits per heavy atom. The smallest absolute Gasteiger partial charge is 0.243 e. The van der Waals surface area contributed by atoms with Crippen molar-refractivity contribution in [1.82, 2.24) is 4.31 Å². The van der Waals surface area contributed by atoms with Crippen molar-refractivity contribution in [2.45, 2.75) is 24.3 Å². The zero-order valence-corrected chi connectivity index (χ0v) is 14.1. The molecule has 1 aromatic carbocycles. The number of anilines is 1. The van der Waals surface area contributed by atoms with Crippen LogP contribution in [0.1, 0.15) is 12.0 Å². The molecule has 19 heavy (non-hydrogen) atoms. The lowest BCUT2D eigenvalue weighted by molar-refractivity contribution is 0.394. The Morgan fingerprint density at radius 2 is 2.16 bits per heavy atom. The lowest BCUT2D eigenvalue weighted by atomic mass is 10.2. The zero-order valence-electron chi connectivity index (χ0n) is 10.9. The first-order valence-corrected chi connectivity index (χ1v) is 9.34. The predicted octanol–water partition coefficient (Wildman–Crippen LogP) is 2.47. The third-order valence-electron chi connectivity index (χ3n) is 3.44. The molecule has 4 nitrogen and oxygen atoms in total. The summed E-state index contributed by atoms with van der Waals surface area (Å²) < 4.78 is 27.5. The molecule has 1 atom stereocenters. The molecule has 1 heterocycles. The molecule has 1 aliphatic heterocycles. The topological polar surface area (TPSA) is 63.4 Å². The SMILES string of the molecule is Cc1c(N)cc(Br)cc1S(=O)(=O)N(C)C1CCSC1. The summed E-state index contributed by atoms with van der Waals surface area (Å²) in [5.41, 5.74) is 6.95. The second-order valence-electron chi connectivity index (χ2n) is 4.66. The molecule has 7 heteroatoms. The normalized spacial score (nSPS) is 20.1. The average molecular weight is 365 g/mol. The number of rotatable bonds is 3. The molecule has 1 aliphatic rings. The minimum absolute atomic E-state index is 0.0783. The molecule has 0 aliphatic carbocycles. The van der Waals surface area contributed by atoms with E-state index in [0.717, 1.165) is 17.9 Å². The van der Waals surface area contributed by atoms with Gasteiger partial charge in [-0.25, -0.2) is 8.42 Å². The molecule has 0 aromatic heterocycles. The van der Waals surface area contributed by atoms with E-state index in [9.17, 15) is 8.42 Å². The molecule has 2 rings (SSSR count). The minimum atomic E-state index is -3.49. The number of nitrogens with two attached hydrogens (primary N) is 1. The zero-order chi connectivity index (χ0) is 14.2. The van der Waals surface area contributed by atoms with Gasteiger partial charge in [0.1, 0.15) is 0 Å². The Bertz CT molecular complexity index is 584. The van der Waals surface area contributed by atoms with Crippen LogP contribution < -0.4 is 5.73 Å². The van der Waals surface area contributed by atoms with Gasteiger partial charge in [0.2, 0.25) is 10.0 Å². The third-order valence-corrected chi connectivity index (χ3v) is 7.08. The summed E-state index contributed by atoms with van der Waals surface area (Å²) in [6, 6.07) is 3.42. The Labute approximate surface area is 126 Å². The Balaban J connectivity index is 2.44. The molecule has 106 valence electrons. The molecule has 2 N–H and O–H groups in total. The van der Waals surface area contributed by atoms with Gasteiger partial charge in [-0.3, -0.25) is 0 Å². The van der Waals surface area contributed by atoms with Crippen LogP contribution in [0.15, 0.2) is 21.5 Å². The van der Waals surface area contributed by atoms with Gasteiger partial charge in [-0.2, -0.15) is 16.1 Å². The number of hydrogen-bond donors (Lipinski definition) is 1. The number of sulfonamides is 1. The van der Waals surface area contributed by atoms with Crippen LogP contribution in [0.4, 0.5) is 5.69 Å². The first kappa shape index (κ1) is 15.2. The number of hydrogen-bond acceptors (Lipinski definition) is 4. The van der Waals surface area contributed by atoms with E-state index in [0.29, 0.717) is 20.6 Å². The monoisotopic (exact) mass is 364 g/mol. The van der Waals surface area contributed by atoms with Crippen LogP contribution in [0.5, 0.6) is 0 Å². The number of nitrogens with zero attached hydrogens (tertiary/aromatic N) is 1. The summed E-state index contributed by atoms with van der Waals surface area (Å²) >= 11 is 5.10. The van der Waals surface area contributed by atoms with Crippen molar-refractivity contribution in [3.63, 3.8) is 0 Å². The van der Waals surface area contributed by atoms with Crippen LogP contribution in [-0.4, -0.2) is 37.3 Å². The van der Waals surface area contributed by atoms with Gasteiger partial charge < -0.3 is 5.73 Å². The highest BCUT2D eigenvalue weighted by Gasteiger charge is 2.31. The molecule has 0 spiro atoms. The second-order valence-corrected chi connectivity index (χ2v) is 8.69. The van der Waals surface area contributed by atoms with E-state index >= 15 is 0 Å². The summed E-state index contributed by atoms with van der Waals surface area (Å²) in [6.45, 7) is 1.74. The maximum atomic E-state index is 12.7. The van der Waals surface area contributed by atoms with Crippen LogP contribution in [0.25, 0.3) is 0 Å². The standard InChI is InChI=1S/C12H17BrN2O2S2/c1-8-11(14)5-9(13)6-12(8)19(16,17)15(2)10-3-4-18-7-10/h5-6,10H,3-4,7,14H2,1-2H3. The van der Waals surface area contributed by atoms with Crippen LogP contribution >= 0.6 is 27.7 Å². The quantitative estimate of drug-likeness (QED) is 0.836. The molecule has 1 fully saturated rings. The van der Waals surface area contributed by atoms with Gasteiger partial charge in [0.25, 0.3) is 0 Å². The molecular formula is C12H17BrN2O2S2. The summed E-state index contributed by atoms with van der Waals surface area (Å²) in [6.07, 6.45) is 0.906. The van der Waals surface area contributed by atoms with E-state index in [2.05, 4.69) is 15.9 Å². The van der Waals surface area contributed by atoms with Gasteiger partial charge >= 0.3 is 0 Å². The van der Waals surface area contributed by atoms with Crippen molar-refractivity contribution >= 4 is 43.4 Å². The van der Waals surface area contributed by atoms with Crippen molar-refractivity contribution in [2.75, 3.05) is 24.3 Å².